The first-order chi connectivity index (χ1) is 13.8. The molecule has 1 aliphatic heterocycles. The van der Waals surface area contributed by atoms with Crippen LogP contribution < -0.4 is 10.6 Å². The molecule has 0 radical (unpaired) electrons. The number of hydrogen-bond acceptors (Lipinski definition) is 5. The van der Waals surface area contributed by atoms with E-state index in [1.54, 1.807) is 7.11 Å². The van der Waals surface area contributed by atoms with E-state index < -0.39 is 0 Å². The van der Waals surface area contributed by atoms with Crippen LogP contribution in [0, 0.1) is 0 Å². The third-order valence-corrected chi connectivity index (χ3v) is 6.53. The number of methoxy groups -OCH3 is 1. The summed E-state index contributed by atoms with van der Waals surface area (Å²) in [6, 6.07) is 5.58. The van der Waals surface area contributed by atoms with Gasteiger partial charge < -0.3 is 15.4 Å². The highest BCUT2D eigenvalue weighted by Gasteiger charge is 2.28. The van der Waals surface area contributed by atoms with Crippen molar-refractivity contribution in [3.8, 4) is 0 Å². The van der Waals surface area contributed by atoms with E-state index in [1.165, 1.54) is 43.6 Å². The molecule has 0 amide bonds. The zero-order chi connectivity index (χ0) is 19.6. The van der Waals surface area contributed by atoms with Gasteiger partial charge in [0.15, 0.2) is 5.96 Å². The Morgan fingerprint density at radius 2 is 2.14 bits per heavy atom. The normalized spacial score (nSPS) is 19.3. The summed E-state index contributed by atoms with van der Waals surface area (Å²) in [7, 11) is 1.78. The fourth-order valence-corrected chi connectivity index (χ4v) is 4.73. The average Bonchev–Trinajstić information content (AvgIpc) is 3.17. The number of rotatable bonds is 12. The van der Waals surface area contributed by atoms with E-state index in [1.807, 2.05) is 11.3 Å². The van der Waals surface area contributed by atoms with Gasteiger partial charge in [0, 0.05) is 44.2 Å². The zero-order valence-corrected chi connectivity index (χ0v) is 18.3. The van der Waals surface area contributed by atoms with Gasteiger partial charge in [-0.25, -0.2) is 0 Å². The maximum absolute atomic E-state index is 5.26. The first-order valence-corrected chi connectivity index (χ1v) is 11.7. The van der Waals surface area contributed by atoms with E-state index in [4.69, 9.17) is 9.73 Å². The lowest BCUT2D eigenvalue weighted by Gasteiger charge is -2.26. The van der Waals surface area contributed by atoms with E-state index in [2.05, 4.69) is 44.9 Å². The molecule has 2 aliphatic rings. The van der Waals surface area contributed by atoms with Crippen LogP contribution in [0.25, 0.3) is 0 Å². The SMILES string of the molecule is CCNC(=NCC(c1cccs1)N1CCCC1)NCCN(CCOC)C1CC1. The van der Waals surface area contributed by atoms with Crippen LogP contribution in [0.15, 0.2) is 22.5 Å². The van der Waals surface area contributed by atoms with Gasteiger partial charge in [-0.15, -0.1) is 11.3 Å². The Bertz CT molecular complexity index is 569. The van der Waals surface area contributed by atoms with Crippen LogP contribution in [-0.4, -0.2) is 81.3 Å². The Morgan fingerprint density at radius 3 is 2.79 bits per heavy atom. The summed E-state index contributed by atoms with van der Waals surface area (Å²) < 4.78 is 5.26. The summed E-state index contributed by atoms with van der Waals surface area (Å²) in [4.78, 5) is 11.5. The predicted octanol–water partition coefficient (Wildman–Crippen LogP) is 2.55. The second-order valence-electron chi connectivity index (χ2n) is 7.68. The molecule has 2 fully saturated rings. The quantitative estimate of drug-likeness (QED) is 0.412. The van der Waals surface area contributed by atoms with Crippen LogP contribution in [0.4, 0.5) is 0 Å². The number of nitrogens with one attached hydrogen (secondary N) is 2. The standard InChI is InChI=1S/C21H37N5OS/c1-3-22-21(23-10-13-25(14-15-27-2)18-8-9-18)24-17-19(20-7-6-16-28-20)26-11-4-5-12-26/h6-7,16,18-19H,3-5,8-15,17H2,1-2H3,(H2,22,23,24). The lowest BCUT2D eigenvalue weighted by Crippen LogP contribution is -2.43. The second-order valence-corrected chi connectivity index (χ2v) is 8.66. The van der Waals surface area contributed by atoms with Crippen molar-refractivity contribution in [2.45, 2.75) is 44.7 Å². The van der Waals surface area contributed by atoms with Gasteiger partial charge in [0.2, 0.25) is 0 Å². The van der Waals surface area contributed by atoms with Gasteiger partial charge in [0.05, 0.1) is 19.2 Å². The van der Waals surface area contributed by atoms with Crippen LogP contribution in [-0.2, 0) is 4.74 Å². The highest BCUT2D eigenvalue weighted by atomic mass is 32.1. The first kappa shape index (κ1) is 21.6. The Morgan fingerprint density at radius 1 is 1.32 bits per heavy atom. The maximum Gasteiger partial charge on any atom is 0.191 e. The minimum atomic E-state index is 0.405. The van der Waals surface area contributed by atoms with Gasteiger partial charge in [-0.1, -0.05) is 6.07 Å². The van der Waals surface area contributed by atoms with Crippen LogP contribution in [0.3, 0.4) is 0 Å². The Kier molecular flexibility index (Phi) is 9.05. The number of likely N-dealkylation sites (tertiary alicyclic amines) is 1. The van der Waals surface area contributed by atoms with E-state index in [0.29, 0.717) is 6.04 Å². The predicted molar refractivity (Wildman–Crippen MR) is 118 cm³/mol. The van der Waals surface area contributed by atoms with Gasteiger partial charge in [-0.3, -0.25) is 14.8 Å². The Hall–Kier alpha value is -1.15. The average molecular weight is 408 g/mol. The highest BCUT2D eigenvalue weighted by Crippen LogP contribution is 2.28. The Balaban J connectivity index is 1.53. The summed E-state index contributed by atoms with van der Waals surface area (Å²) in [5.41, 5.74) is 0. The molecule has 1 aliphatic carbocycles. The molecule has 1 saturated carbocycles. The van der Waals surface area contributed by atoms with Crippen molar-refractivity contribution in [1.82, 2.24) is 20.4 Å². The molecule has 0 bridgehead atoms. The van der Waals surface area contributed by atoms with E-state index in [9.17, 15) is 0 Å². The van der Waals surface area contributed by atoms with Gasteiger partial charge in [-0.05, 0) is 57.1 Å². The molecule has 1 unspecified atom stereocenters. The molecule has 2 heterocycles. The van der Waals surface area contributed by atoms with Crippen LogP contribution >= 0.6 is 11.3 Å². The molecule has 28 heavy (non-hydrogen) atoms. The first-order valence-electron chi connectivity index (χ1n) is 10.8. The molecule has 2 N–H and O–H groups in total. The minimum absolute atomic E-state index is 0.405. The molecule has 1 aromatic heterocycles. The number of thiophene rings is 1. The topological polar surface area (TPSA) is 52.1 Å². The largest absolute Gasteiger partial charge is 0.383 e. The number of guanidine groups is 1. The van der Waals surface area contributed by atoms with Gasteiger partial charge in [0.25, 0.3) is 0 Å². The lowest BCUT2D eigenvalue weighted by atomic mass is 10.2. The molecule has 0 spiro atoms. The fraction of sp³-hybridized carbons (Fsp3) is 0.762. The van der Waals surface area contributed by atoms with Crippen molar-refractivity contribution < 1.29 is 4.74 Å². The van der Waals surface area contributed by atoms with Crippen LogP contribution in [0.5, 0.6) is 0 Å². The highest BCUT2D eigenvalue weighted by molar-refractivity contribution is 7.10. The molecule has 1 saturated heterocycles. The van der Waals surface area contributed by atoms with Crippen molar-refractivity contribution >= 4 is 17.3 Å². The molecular formula is C21H37N5OS. The number of hydrogen-bond donors (Lipinski definition) is 2. The molecule has 158 valence electrons. The van der Waals surface area contributed by atoms with E-state index in [-0.39, 0.29) is 0 Å². The van der Waals surface area contributed by atoms with Crippen molar-refractivity contribution in [2.24, 2.45) is 4.99 Å². The smallest absolute Gasteiger partial charge is 0.191 e. The minimum Gasteiger partial charge on any atom is -0.383 e. The van der Waals surface area contributed by atoms with Gasteiger partial charge in [-0.2, -0.15) is 0 Å². The van der Waals surface area contributed by atoms with Crippen molar-refractivity contribution in [2.75, 3.05) is 59.5 Å². The summed E-state index contributed by atoms with van der Waals surface area (Å²) >= 11 is 1.85. The summed E-state index contributed by atoms with van der Waals surface area (Å²) in [6.45, 7) is 9.99. The summed E-state index contributed by atoms with van der Waals surface area (Å²) in [5, 5.41) is 9.14. The second kappa shape index (κ2) is 11.8. The zero-order valence-electron chi connectivity index (χ0n) is 17.5. The summed E-state index contributed by atoms with van der Waals surface area (Å²) in [6.07, 6.45) is 5.27. The Labute approximate surface area is 174 Å². The number of ether oxygens (including phenoxy) is 1. The molecule has 7 heteroatoms. The molecule has 1 aromatic rings. The van der Waals surface area contributed by atoms with Crippen molar-refractivity contribution in [3.05, 3.63) is 22.4 Å². The van der Waals surface area contributed by atoms with Gasteiger partial charge >= 0.3 is 0 Å². The van der Waals surface area contributed by atoms with E-state index in [0.717, 1.165) is 51.3 Å². The molecule has 0 aromatic carbocycles. The molecule has 3 rings (SSSR count). The summed E-state index contributed by atoms with van der Waals surface area (Å²) in [5.74, 6) is 0.936. The van der Waals surface area contributed by atoms with Crippen molar-refractivity contribution in [3.63, 3.8) is 0 Å². The lowest BCUT2D eigenvalue weighted by molar-refractivity contribution is 0.144. The number of nitrogens with zero attached hydrogens (tertiary/aromatic N) is 3. The molecule has 1 atom stereocenters. The van der Waals surface area contributed by atoms with Crippen LogP contribution in [0.2, 0.25) is 0 Å². The molecular weight excluding hydrogens is 370 g/mol. The van der Waals surface area contributed by atoms with Crippen LogP contribution in [0.1, 0.15) is 43.5 Å². The molecule has 6 nitrogen and oxygen atoms in total. The third-order valence-electron chi connectivity index (χ3n) is 5.56. The third kappa shape index (κ3) is 6.72. The fourth-order valence-electron chi connectivity index (χ4n) is 3.88. The number of aliphatic imine (C=N–C) groups is 1. The van der Waals surface area contributed by atoms with Crippen molar-refractivity contribution in [1.29, 1.82) is 0 Å². The van der Waals surface area contributed by atoms with Gasteiger partial charge in [0.1, 0.15) is 0 Å². The maximum atomic E-state index is 5.26. The monoisotopic (exact) mass is 407 g/mol. The van der Waals surface area contributed by atoms with E-state index >= 15 is 0 Å².